The number of piperazine rings is 1. The lowest BCUT2D eigenvalue weighted by Crippen LogP contribution is -2.58. The molecule has 2 aliphatic heterocycles. The number of piperidine rings is 1. The number of fused-ring (bicyclic) bond motifs is 1. The largest absolute Gasteiger partial charge is 0.354 e. The minimum Gasteiger partial charge on any atom is -0.338 e. The average molecular weight is 601 g/mol. The standard InChI is InChI=1S/C30H44N8O3.ClH/c1-19(2)25(37-17-23-22(16-31)24(23)18-37)15-20-5-7-21(8-6-20)38-10-9-26(34-29(38)41)33-28(40)36-13-11-35(12-14-36)27(39)30(3,4)32;/h5-10,19,22-25H,11-18,31-32H2,1-4H3,(H,33,34,40,41);1H. The van der Waals surface area contributed by atoms with Crippen LogP contribution in [0.5, 0.6) is 0 Å². The summed E-state index contributed by atoms with van der Waals surface area (Å²) < 4.78 is 1.47. The van der Waals surface area contributed by atoms with Gasteiger partial charge in [-0.3, -0.25) is 19.6 Å². The highest BCUT2D eigenvalue weighted by Gasteiger charge is 2.55. The maximum Gasteiger partial charge on any atom is 0.354 e. The predicted molar refractivity (Wildman–Crippen MR) is 166 cm³/mol. The Morgan fingerprint density at radius 2 is 1.62 bits per heavy atom. The Kier molecular flexibility index (Phi) is 9.66. The lowest BCUT2D eigenvalue weighted by Gasteiger charge is -2.37. The Morgan fingerprint density at radius 3 is 2.14 bits per heavy atom. The number of hydrogen-bond donors (Lipinski definition) is 3. The molecule has 2 aromatic rings. The second-order valence-electron chi connectivity index (χ2n) is 12.8. The molecule has 0 radical (unpaired) electrons. The fourth-order valence-corrected chi connectivity index (χ4v) is 6.50. The molecule has 12 heteroatoms. The number of nitrogens with one attached hydrogen (secondary N) is 1. The van der Waals surface area contributed by atoms with Crippen LogP contribution in [0.1, 0.15) is 33.3 Å². The van der Waals surface area contributed by atoms with Crippen LogP contribution in [0, 0.1) is 23.7 Å². The third-order valence-electron chi connectivity index (χ3n) is 9.01. The third kappa shape index (κ3) is 6.80. The first-order valence-corrected chi connectivity index (χ1v) is 14.7. The van der Waals surface area contributed by atoms with Crippen molar-refractivity contribution < 1.29 is 9.59 Å². The summed E-state index contributed by atoms with van der Waals surface area (Å²) >= 11 is 0. The molecule has 5 rings (SSSR count). The van der Waals surface area contributed by atoms with Gasteiger partial charge in [-0.15, -0.1) is 12.4 Å². The van der Waals surface area contributed by atoms with Crippen molar-refractivity contribution in [3.8, 4) is 5.69 Å². The van der Waals surface area contributed by atoms with Gasteiger partial charge < -0.3 is 21.3 Å². The zero-order valence-electron chi connectivity index (χ0n) is 25.0. The van der Waals surface area contributed by atoms with Crippen molar-refractivity contribution in [2.45, 2.75) is 45.7 Å². The second kappa shape index (κ2) is 12.7. The number of halogens is 1. The highest BCUT2D eigenvalue weighted by atomic mass is 35.5. The number of benzene rings is 1. The van der Waals surface area contributed by atoms with Crippen LogP contribution in [-0.4, -0.2) is 93.6 Å². The van der Waals surface area contributed by atoms with Gasteiger partial charge in [0.25, 0.3) is 0 Å². The van der Waals surface area contributed by atoms with E-state index in [-0.39, 0.29) is 30.2 Å². The summed E-state index contributed by atoms with van der Waals surface area (Å²) in [4.78, 5) is 48.0. The topological polar surface area (TPSA) is 143 Å². The Labute approximate surface area is 254 Å². The molecule has 1 aliphatic carbocycles. The van der Waals surface area contributed by atoms with E-state index in [1.807, 2.05) is 12.1 Å². The number of carbonyl (C=O) groups excluding carboxylic acids is 2. The predicted octanol–water partition coefficient (Wildman–Crippen LogP) is 1.77. The number of amides is 3. The number of likely N-dealkylation sites (tertiary alicyclic amines) is 1. The summed E-state index contributed by atoms with van der Waals surface area (Å²) in [6, 6.07) is 9.81. The maximum atomic E-state index is 12.8. The SMILES string of the molecule is CC(C)C(Cc1ccc(-n2ccc(NC(=O)N3CCN(C(=O)C(C)(C)N)CC3)nc2=O)cc1)N1CC2C(CN)C2C1.Cl. The van der Waals surface area contributed by atoms with Crippen LogP contribution in [0.2, 0.25) is 0 Å². The average Bonchev–Trinajstić information content (AvgIpc) is 3.41. The Morgan fingerprint density at radius 1 is 1.02 bits per heavy atom. The molecule has 3 unspecified atom stereocenters. The van der Waals surface area contributed by atoms with E-state index in [9.17, 15) is 14.4 Å². The van der Waals surface area contributed by atoms with E-state index >= 15 is 0 Å². The van der Waals surface area contributed by atoms with Crippen LogP contribution < -0.4 is 22.5 Å². The molecule has 0 spiro atoms. The minimum absolute atomic E-state index is 0. The van der Waals surface area contributed by atoms with Crippen molar-refractivity contribution in [3.05, 3.63) is 52.6 Å². The molecule has 3 amide bonds. The van der Waals surface area contributed by atoms with E-state index in [1.54, 1.807) is 35.9 Å². The minimum atomic E-state index is -0.946. The lowest BCUT2D eigenvalue weighted by molar-refractivity contribution is -0.137. The molecule has 1 aromatic carbocycles. The molecule has 2 saturated heterocycles. The molecule has 230 valence electrons. The maximum absolute atomic E-state index is 12.8. The highest BCUT2D eigenvalue weighted by molar-refractivity contribution is 5.89. The molecule has 5 N–H and O–H groups in total. The van der Waals surface area contributed by atoms with Crippen LogP contribution in [0.15, 0.2) is 41.3 Å². The smallest absolute Gasteiger partial charge is 0.338 e. The molecular formula is C30H45ClN8O3. The molecule has 1 saturated carbocycles. The first-order valence-electron chi connectivity index (χ1n) is 14.7. The number of urea groups is 1. The summed E-state index contributed by atoms with van der Waals surface area (Å²) in [5.74, 6) is 2.88. The van der Waals surface area contributed by atoms with Gasteiger partial charge in [0.1, 0.15) is 5.82 Å². The summed E-state index contributed by atoms with van der Waals surface area (Å²) in [5, 5.41) is 2.71. The van der Waals surface area contributed by atoms with Crippen molar-refractivity contribution in [2.24, 2.45) is 35.1 Å². The van der Waals surface area contributed by atoms with E-state index in [0.29, 0.717) is 38.1 Å². The van der Waals surface area contributed by atoms with Crippen molar-refractivity contribution in [3.63, 3.8) is 0 Å². The molecule has 1 aromatic heterocycles. The lowest BCUT2D eigenvalue weighted by atomic mass is 9.94. The first-order chi connectivity index (χ1) is 19.5. The van der Waals surface area contributed by atoms with Gasteiger partial charge in [-0.25, -0.2) is 9.59 Å². The van der Waals surface area contributed by atoms with Crippen LogP contribution in [0.4, 0.5) is 10.6 Å². The molecule has 11 nitrogen and oxygen atoms in total. The summed E-state index contributed by atoms with van der Waals surface area (Å²) in [6.07, 6.45) is 2.59. The van der Waals surface area contributed by atoms with Gasteiger partial charge in [-0.2, -0.15) is 4.98 Å². The van der Waals surface area contributed by atoms with Gasteiger partial charge in [0.05, 0.1) is 11.2 Å². The third-order valence-corrected chi connectivity index (χ3v) is 9.01. The number of carbonyl (C=O) groups is 2. The van der Waals surface area contributed by atoms with Gasteiger partial charge in [-0.1, -0.05) is 26.0 Å². The van der Waals surface area contributed by atoms with Gasteiger partial charge >= 0.3 is 11.7 Å². The zero-order chi connectivity index (χ0) is 29.5. The van der Waals surface area contributed by atoms with E-state index in [4.69, 9.17) is 11.5 Å². The highest BCUT2D eigenvalue weighted by Crippen LogP contribution is 2.51. The number of nitrogens with zero attached hydrogens (tertiary/aromatic N) is 5. The molecule has 3 fully saturated rings. The number of aromatic nitrogens is 2. The van der Waals surface area contributed by atoms with Crippen LogP contribution in [0.3, 0.4) is 0 Å². The van der Waals surface area contributed by atoms with E-state index < -0.39 is 11.2 Å². The normalized spacial score (nSPS) is 22.9. The Hall–Kier alpha value is -2.99. The Bertz CT molecular complexity index is 1310. The van der Waals surface area contributed by atoms with Crippen LogP contribution in [0.25, 0.3) is 5.69 Å². The second-order valence-corrected chi connectivity index (χ2v) is 12.8. The summed E-state index contributed by atoms with van der Waals surface area (Å²) in [6.45, 7) is 12.6. The van der Waals surface area contributed by atoms with Crippen molar-refractivity contribution in [2.75, 3.05) is 51.1 Å². The number of rotatable bonds is 8. The van der Waals surface area contributed by atoms with Crippen LogP contribution in [-0.2, 0) is 11.2 Å². The van der Waals surface area contributed by atoms with Gasteiger partial charge in [0.15, 0.2) is 0 Å². The molecule has 42 heavy (non-hydrogen) atoms. The monoisotopic (exact) mass is 600 g/mol. The van der Waals surface area contributed by atoms with E-state index in [1.165, 1.54) is 10.1 Å². The quantitative estimate of drug-likeness (QED) is 0.419. The fourth-order valence-electron chi connectivity index (χ4n) is 6.50. The first kappa shape index (κ1) is 31.9. The molecule has 3 aliphatic rings. The zero-order valence-corrected chi connectivity index (χ0v) is 25.8. The Balaban J connectivity index is 0.00000405. The summed E-state index contributed by atoms with van der Waals surface area (Å²) in [5.41, 5.74) is 12.4. The van der Waals surface area contributed by atoms with Crippen LogP contribution >= 0.6 is 12.4 Å². The van der Waals surface area contributed by atoms with E-state index in [0.717, 1.165) is 49.5 Å². The molecule has 3 heterocycles. The number of anilines is 1. The number of nitrogens with two attached hydrogens (primary N) is 2. The van der Waals surface area contributed by atoms with Crippen molar-refractivity contribution in [1.29, 1.82) is 0 Å². The fraction of sp³-hybridized carbons (Fsp3) is 0.600. The number of hydrogen-bond acceptors (Lipinski definition) is 7. The van der Waals surface area contributed by atoms with Gasteiger partial charge in [-0.05, 0) is 74.2 Å². The van der Waals surface area contributed by atoms with E-state index in [2.05, 4.69) is 41.2 Å². The van der Waals surface area contributed by atoms with Crippen molar-refractivity contribution >= 4 is 30.2 Å². The van der Waals surface area contributed by atoms with Crippen molar-refractivity contribution in [1.82, 2.24) is 24.3 Å². The molecule has 3 atom stereocenters. The molecular weight excluding hydrogens is 556 g/mol. The van der Waals surface area contributed by atoms with Gasteiger partial charge in [0.2, 0.25) is 5.91 Å². The van der Waals surface area contributed by atoms with Gasteiger partial charge in [0, 0.05) is 51.5 Å². The summed E-state index contributed by atoms with van der Waals surface area (Å²) in [7, 11) is 0. The molecule has 0 bridgehead atoms.